The van der Waals surface area contributed by atoms with Crippen LogP contribution in [0.3, 0.4) is 0 Å². The molecule has 25 heavy (non-hydrogen) atoms. The van der Waals surface area contributed by atoms with Gasteiger partial charge in [0, 0.05) is 30.4 Å². The van der Waals surface area contributed by atoms with E-state index >= 15 is 0 Å². The molecule has 2 heterocycles. The Morgan fingerprint density at radius 3 is 2.68 bits per heavy atom. The minimum absolute atomic E-state index is 0.0190. The van der Waals surface area contributed by atoms with Gasteiger partial charge in [-0.15, -0.1) is 0 Å². The molecule has 1 fully saturated rings. The largest absolute Gasteiger partial charge is 0.489 e. The second-order valence-electron chi connectivity index (χ2n) is 7.22. The molecule has 1 aromatic carbocycles. The molecule has 7 nitrogen and oxygen atoms in total. The third-order valence-corrected chi connectivity index (χ3v) is 4.47. The van der Waals surface area contributed by atoms with Gasteiger partial charge in [-0.2, -0.15) is 5.10 Å². The molecule has 0 aliphatic carbocycles. The Kier molecular flexibility index (Phi) is 4.81. The Balaban J connectivity index is 1.65. The van der Waals surface area contributed by atoms with Crippen LogP contribution in [0.4, 0.5) is 10.6 Å². The SMILES string of the molecule is CC(C)(C)OC(=O)N1CCC(Oc2cc(Br)cc3[nH]nc(N)c23)CC1. The molecule has 1 aromatic heterocycles. The number of hydrogen-bond donors (Lipinski definition) is 2. The highest BCUT2D eigenvalue weighted by Crippen LogP contribution is 2.34. The number of ether oxygens (including phenoxy) is 2. The third-order valence-electron chi connectivity index (χ3n) is 4.01. The lowest BCUT2D eigenvalue weighted by Gasteiger charge is -2.33. The van der Waals surface area contributed by atoms with Crippen LogP contribution in [0.5, 0.6) is 5.75 Å². The topological polar surface area (TPSA) is 93.5 Å². The van der Waals surface area contributed by atoms with Gasteiger partial charge in [0.15, 0.2) is 5.82 Å². The summed E-state index contributed by atoms with van der Waals surface area (Å²) in [5.41, 5.74) is 6.29. The number of halogens is 1. The summed E-state index contributed by atoms with van der Waals surface area (Å²) in [5.74, 6) is 1.12. The van der Waals surface area contributed by atoms with Crippen molar-refractivity contribution in [2.75, 3.05) is 18.8 Å². The molecule has 1 amide bonds. The number of nitrogens with zero attached hydrogens (tertiary/aromatic N) is 2. The smallest absolute Gasteiger partial charge is 0.410 e. The number of carbonyl (C=O) groups excluding carboxylic acids is 1. The number of hydrogen-bond acceptors (Lipinski definition) is 5. The second kappa shape index (κ2) is 6.74. The predicted octanol–water partition coefficient (Wildman–Crippen LogP) is 3.69. The fourth-order valence-electron chi connectivity index (χ4n) is 2.87. The molecule has 0 radical (unpaired) electrons. The summed E-state index contributed by atoms with van der Waals surface area (Å²) in [4.78, 5) is 13.9. The molecular weight excluding hydrogens is 388 g/mol. The van der Waals surface area contributed by atoms with E-state index in [1.54, 1.807) is 4.90 Å². The van der Waals surface area contributed by atoms with Crippen LogP contribution in [0.25, 0.3) is 10.9 Å². The minimum Gasteiger partial charge on any atom is -0.489 e. The number of nitrogen functional groups attached to an aromatic ring is 1. The van der Waals surface area contributed by atoms with Crippen molar-refractivity contribution < 1.29 is 14.3 Å². The van der Waals surface area contributed by atoms with Crippen molar-refractivity contribution in [2.45, 2.75) is 45.3 Å². The van der Waals surface area contributed by atoms with E-state index in [4.69, 9.17) is 15.2 Å². The zero-order valence-electron chi connectivity index (χ0n) is 14.6. The van der Waals surface area contributed by atoms with E-state index in [1.807, 2.05) is 32.9 Å². The fraction of sp³-hybridized carbons (Fsp3) is 0.529. The van der Waals surface area contributed by atoms with E-state index in [0.29, 0.717) is 24.7 Å². The number of piperidine rings is 1. The first-order chi connectivity index (χ1) is 11.7. The zero-order valence-corrected chi connectivity index (χ0v) is 16.2. The standard InChI is InChI=1S/C17H23BrN4O3/c1-17(2,3)25-16(23)22-6-4-11(5-7-22)24-13-9-10(18)8-12-14(13)15(19)21-20-12/h8-9,11H,4-7H2,1-3H3,(H3,19,20,21). The van der Waals surface area contributed by atoms with Crippen molar-refractivity contribution in [3.63, 3.8) is 0 Å². The van der Waals surface area contributed by atoms with Crippen LogP contribution in [0.2, 0.25) is 0 Å². The van der Waals surface area contributed by atoms with Crippen molar-refractivity contribution in [3.05, 3.63) is 16.6 Å². The number of nitrogens with two attached hydrogens (primary N) is 1. The number of benzene rings is 1. The molecule has 1 saturated heterocycles. The summed E-state index contributed by atoms with van der Waals surface area (Å²) in [6, 6.07) is 3.81. The van der Waals surface area contributed by atoms with E-state index in [0.717, 1.165) is 28.2 Å². The Morgan fingerprint density at radius 2 is 2.04 bits per heavy atom. The normalized spacial score (nSPS) is 16.2. The van der Waals surface area contributed by atoms with Crippen LogP contribution in [0.15, 0.2) is 16.6 Å². The van der Waals surface area contributed by atoms with Gasteiger partial charge in [-0.1, -0.05) is 15.9 Å². The van der Waals surface area contributed by atoms with Gasteiger partial charge >= 0.3 is 6.09 Å². The quantitative estimate of drug-likeness (QED) is 0.786. The summed E-state index contributed by atoms with van der Waals surface area (Å²) >= 11 is 3.48. The first-order valence-corrected chi connectivity index (χ1v) is 9.10. The molecule has 0 bridgehead atoms. The monoisotopic (exact) mass is 410 g/mol. The first kappa shape index (κ1) is 17.8. The van der Waals surface area contributed by atoms with E-state index in [-0.39, 0.29) is 12.2 Å². The van der Waals surface area contributed by atoms with Crippen molar-refractivity contribution >= 4 is 38.7 Å². The van der Waals surface area contributed by atoms with Gasteiger partial charge in [-0.25, -0.2) is 4.79 Å². The predicted molar refractivity (Wildman–Crippen MR) is 99.7 cm³/mol. The van der Waals surface area contributed by atoms with Gasteiger partial charge in [-0.05, 0) is 32.9 Å². The van der Waals surface area contributed by atoms with Crippen LogP contribution in [-0.4, -0.2) is 46.0 Å². The molecule has 8 heteroatoms. The maximum absolute atomic E-state index is 12.1. The molecule has 0 unspecified atom stereocenters. The summed E-state index contributed by atoms with van der Waals surface area (Å²) in [7, 11) is 0. The molecule has 0 spiro atoms. The van der Waals surface area contributed by atoms with Gasteiger partial charge in [0.05, 0.1) is 10.9 Å². The molecule has 0 atom stereocenters. The summed E-state index contributed by atoms with van der Waals surface area (Å²) in [6.07, 6.45) is 1.23. The highest BCUT2D eigenvalue weighted by Gasteiger charge is 2.28. The van der Waals surface area contributed by atoms with Crippen LogP contribution < -0.4 is 10.5 Å². The maximum Gasteiger partial charge on any atom is 0.410 e. The Bertz CT molecular complexity index is 776. The molecule has 0 saturated carbocycles. The first-order valence-electron chi connectivity index (χ1n) is 8.30. The van der Waals surface area contributed by atoms with Crippen molar-refractivity contribution in [2.24, 2.45) is 0 Å². The average Bonchev–Trinajstić information content (AvgIpc) is 2.87. The number of nitrogens with one attached hydrogen (secondary N) is 1. The molecule has 3 N–H and O–H groups in total. The van der Waals surface area contributed by atoms with Crippen molar-refractivity contribution in [1.29, 1.82) is 0 Å². The number of carbonyl (C=O) groups is 1. The summed E-state index contributed by atoms with van der Waals surface area (Å²) in [6.45, 7) is 6.83. The van der Waals surface area contributed by atoms with Gasteiger partial charge in [0.25, 0.3) is 0 Å². The number of likely N-dealkylation sites (tertiary alicyclic amines) is 1. The number of aromatic amines is 1. The Hall–Kier alpha value is -1.96. The number of amides is 1. The highest BCUT2D eigenvalue weighted by atomic mass is 79.9. The Morgan fingerprint density at radius 1 is 1.36 bits per heavy atom. The van der Waals surface area contributed by atoms with Crippen molar-refractivity contribution in [3.8, 4) is 5.75 Å². The van der Waals surface area contributed by atoms with E-state index in [1.165, 1.54) is 0 Å². The van der Waals surface area contributed by atoms with Gasteiger partial charge in [-0.3, -0.25) is 5.10 Å². The zero-order chi connectivity index (χ0) is 18.2. The van der Waals surface area contributed by atoms with E-state index in [2.05, 4.69) is 26.1 Å². The minimum atomic E-state index is -0.481. The number of rotatable bonds is 2. The van der Waals surface area contributed by atoms with E-state index in [9.17, 15) is 4.79 Å². The molecule has 2 aromatic rings. The number of aromatic nitrogens is 2. The Labute approximate surface area is 155 Å². The third kappa shape index (κ3) is 4.18. The van der Waals surface area contributed by atoms with Crippen LogP contribution >= 0.6 is 15.9 Å². The van der Waals surface area contributed by atoms with Crippen LogP contribution in [-0.2, 0) is 4.74 Å². The maximum atomic E-state index is 12.1. The number of anilines is 1. The fourth-order valence-corrected chi connectivity index (χ4v) is 3.30. The van der Waals surface area contributed by atoms with Gasteiger partial charge in [0.1, 0.15) is 17.5 Å². The average molecular weight is 411 g/mol. The lowest BCUT2D eigenvalue weighted by atomic mass is 10.1. The van der Waals surface area contributed by atoms with Crippen molar-refractivity contribution in [1.82, 2.24) is 15.1 Å². The molecular formula is C17H23BrN4O3. The molecule has 3 rings (SSSR count). The van der Waals surface area contributed by atoms with E-state index < -0.39 is 5.60 Å². The number of fused-ring (bicyclic) bond motifs is 1. The number of H-pyrrole nitrogens is 1. The lowest BCUT2D eigenvalue weighted by Crippen LogP contribution is -2.44. The summed E-state index contributed by atoms with van der Waals surface area (Å²) < 4.78 is 12.5. The van der Waals surface area contributed by atoms with Gasteiger partial charge in [0.2, 0.25) is 0 Å². The second-order valence-corrected chi connectivity index (χ2v) is 8.14. The molecule has 1 aliphatic heterocycles. The molecule has 1 aliphatic rings. The van der Waals surface area contributed by atoms with Crippen LogP contribution in [0, 0.1) is 0 Å². The van der Waals surface area contributed by atoms with Crippen LogP contribution in [0.1, 0.15) is 33.6 Å². The summed E-state index contributed by atoms with van der Waals surface area (Å²) in [5, 5.41) is 7.73. The van der Waals surface area contributed by atoms with Gasteiger partial charge < -0.3 is 20.1 Å². The lowest BCUT2D eigenvalue weighted by molar-refractivity contribution is 0.0128. The highest BCUT2D eigenvalue weighted by molar-refractivity contribution is 9.10. The molecule has 136 valence electrons.